The third kappa shape index (κ3) is 3.21. The minimum absolute atomic E-state index is 0.0117. The highest BCUT2D eigenvalue weighted by molar-refractivity contribution is 6.02. The van der Waals surface area contributed by atoms with E-state index in [-0.39, 0.29) is 5.91 Å². The van der Waals surface area contributed by atoms with Crippen molar-refractivity contribution in [2.24, 2.45) is 0 Å². The molecule has 25 heavy (non-hydrogen) atoms. The number of para-hydroxylation sites is 2. The number of hydrogen-bond acceptors (Lipinski definition) is 3. The van der Waals surface area contributed by atoms with Gasteiger partial charge in [0.1, 0.15) is 11.4 Å². The monoisotopic (exact) mass is 338 g/mol. The van der Waals surface area contributed by atoms with Crippen LogP contribution in [-0.4, -0.2) is 24.5 Å². The number of unbranched alkanes of at least 4 members (excludes halogenated alkanes) is 2. The van der Waals surface area contributed by atoms with E-state index in [1.54, 1.807) is 4.90 Å². The van der Waals surface area contributed by atoms with Crippen LogP contribution in [0.5, 0.6) is 5.75 Å². The Balaban J connectivity index is 1.94. The lowest BCUT2D eigenvalue weighted by molar-refractivity contribution is 0.0610. The molecule has 4 heteroatoms. The van der Waals surface area contributed by atoms with Gasteiger partial charge in [0, 0.05) is 18.3 Å². The molecular weight excluding hydrogens is 312 g/mol. The minimum Gasteiger partial charge on any atom is -0.493 e. The summed E-state index contributed by atoms with van der Waals surface area (Å²) in [6.07, 6.45) is 3.36. The van der Waals surface area contributed by atoms with Crippen LogP contribution in [0, 0.1) is 0 Å². The van der Waals surface area contributed by atoms with Crippen LogP contribution >= 0.6 is 0 Å². The second-order valence-electron chi connectivity index (χ2n) is 6.66. The maximum atomic E-state index is 12.9. The highest BCUT2D eigenvalue weighted by atomic mass is 16.5. The van der Waals surface area contributed by atoms with E-state index in [2.05, 4.69) is 12.2 Å². The molecule has 1 unspecified atom stereocenters. The van der Waals surface area contributed by atoms with Gasteiger partial charge in [0.05, 0.1) is 12.2 Å². The number of carbonyl (C=O) groups is 1. The molecule has 4 nitrogen and oxygen atoms in total. The third-order valence-corrected chi connectivity index (χ3v) is 4.93. The first-order valence-corrected chi connectivity index (χ1v) is 8.95. The standard InChI is InChI=1S/C21H26N2O2/c1-4-5-10-15-25-19-14-9-7-12-17(19)21(2)22-18-13-8-6-11-16(18)20(24)23(21)3/h6-9,11-14,22H,4-5,10,15H2,1-3H3. The fraction of sp³-hybridized carbons (Fsp3) is 0.381. The van der Waals surface area contributed by atoms with E-state index in [0.717, 1.165) is 36.3 Å². The SMILES string of the molecule is CCCCCOc1ccccc1C1(C)Nc2ccccc2C(=O)N1C. The molecule has 0 radical (unpaired) electrons. The van der Waals surface area contributed by atoms with Crippen molar-refractivity contribution in [3.8, 4) is 5.75 Å². The predicted octanol–water partition coefficient (Wildman–Crippen LogP) is 4.63. The maximum Gasteiger partial charge on any atom is 0.257 e. The smallest absolute Gasteiger partial charge is 0.257 e. The molecule has 1 amide bonds. The summed E-state index contributed by atoms with van der Waals surface area (Å²) in [5.74, 6) is 0.838. The molecule has 0 fully saturated rings. The van der Waals surface area contributed by atoms with Crippen LogP contribution in [-0.2, 0) is 5.66 Å². The fourth-order valence-corrected chi connectivity index (χ4v) is 3.29. The number of hydrogen-bond donors (Lipinski definition) is 1. The third-order valence-electron chi connectivity index (χ3n) is 4.93. The number of carbonyl (C=O) groups excluding carboxylic acids is 1. The Morgan fingerprint density at radius 3 is 2.60 bits per heavy atom. The molecular formula is C21H26N2O2. The van der Waals surface area contributed by atoms with Gasteiger partial charge in [-0.15, -0.1) is 0 Å². The zero-order valence-corrected chi connectivity index (χ0v) is 15.2. The van der Waals surface area contributed by atoms with Crippen LogP contribution in [0.1, 0.15) is 49.0 Å². The second kappa shape index (κ2) is 7.18. The highest BCUT2D eigenvalue weighted by Gasteiger charge is 2.41. The van der Waals surface area contributed by atoms with E-state index in [1.807, 2.05) is 62.5 Å². The Labute approximate surface area is 149 Å². The number of rotatable bonds is 6. The zero-order valence-electron chi connectivity index (χ0n) is 15.2. The van der Waals surface area contributed by atoms with Crippen molar-refractivity contribution in [2.75, 3.05) is 19.0 Å². The van der Waals surface area contributed by atoms with Crippen molar-refractivity contribution >= 4 is 11.6 Å². The summed E-state index contributed by atoms with van der Waals surface area (Å²) >= 11 is 0. The van der Waals surface area contributed by atoms with E-state index in [1.165, 1.54) is 0 Å². The topological polar surface area (TPSA) is 41.6 Å². The quantitative estimate of drug-likeness (QED) is 0.781. The molecule has 132 valence electrons. The van der Waals surface area contributed by atoms with E-state index >= 15 is 0 Å². The highest BCUT2D eigenvalue weighted by Crippen LogP contribution is 2.40. The molecule has 2 aromatic carbocycles. The van der Waals surface area contributed by atoms with Crippen molar-refractivity contribution in [1.82, 2.24) is 4.90 Å². The van der Waals surface area contributed by atoms with Gasteiger partial charge in [-0.3, -0.25) is 4.79 Å². The summed E-state index contributed by atoms with van der Waals surface area (Å²) in [7, 11) is 1.83. The molecule has 2 aromatic rings. The molecule has 0 saturated carbocycles. The first-order valence-electron chi connectivity index (χ1n) is 8.95. The van der Waals surface area contributed by atoms with Gasteiger partial charge in [-0.1, -0.05) is 50.1 Å². The van der Waals surface area contributed by atoms with Gasteiger partial charge in [-0.2, -0.15) is 0 Å². The second-order valence-corrected chi connectivity index (χ2v) is 6.66. The largest absolute Gasteiger partial charge is 0.493 e. The fourth-order valence-electron chi connectivity index (χ4n) is 3.29. The lowest BCUT2D eigenvalue weighted by atomic mass is 9.93. The molecule has 3 rings (SSSR count). The van der Waals surface area contributed by atoms with E-state index in [4.69, 9.17) is 4.74 Å². The number of amides is 1. The molecule has 1 atom stereocenters. The van der Waals surface area contributed by atoms with E-state index in [9.17, 15) is 4.79 Å². The van der Waals surface area contributed by atoms with Crippen molar-refractivity contribution in [1.29, 1.82) is 0 Å². The van der Waals surface area contributed by atoms with Crippen LogP contribution in [0.2, 0.25) is 0 Å². The van der Waals surface area contributed by atoms with Gasteiger partial charge in [0.2, 0.25) is 0 Å². The Hall–Kier alpha value is -2.49. The first kappa shape index (κ1) is 17.3. The average Bonchev–Trinajstić information content (AvgIpc) is 2.64. The number of benzene rings is 2. The summed E-state index contributed by atoms with van der Waals surface area (Å²) in [5, 5.41) is 3.54. The van der Waals surface area contributed by atoms with E-state index < -0.39 is 5.66 Å². The van der Waals surface area contributed by atoms with Gasteiger partial charge in [-0.05, 0) is 31.5 Å². The van der Waals surface area contributed by atoms with Crippen LogP contribution in [0.15, 0.2) is 48.5 Å². The number of anilines is 1. The van der Waals surface area contributed by atoms with Crippen molar-refractivity contribution in [3.63, 3.8) is 0 Å². The molecule has 0 aliphatic carbocycles. The summed E-state index contributed by atoms with van der Waals surface area (Å²) in [5.41, 5.74) is 1.86. The Morgan fingerprint density at radius 2 is 1.80 bits per heavy atom. The Bertz CT molecular complexity index is 759. The maximum absolute atomic E-state index is 12.9. The first-order chi connectivity index (χ1) is 12.1. The molecule has 1 N–H and O–H groups in total. The van der Waals surface area contributed by atoms with Crippen LogP contribution < -0.4 is 10.1 Å². The van der Waals surface area contributed by atoms with Crippen LogP contribution in [0.4, 0.5) is 5.69 Å². The minimum atomic E-state index is -0.660. The summed E-state index contributed by atoms with van der Waals surface area (Å²) in [4.78, 5) is 14.6. The van der Waals surface area contributed by atoms with Gasteiger partial charge in [0.25, 0.3) is 5.91 Å². The molecule has 0 saturated heterocycles. The summed E-state index contributed by atoms with van der Waals surface area (Å²) < 4.78 is 6.05. The van der Waals surface area contributed by atoms with Crippen LogP contribution in [0.3, 0.4) is 0 Å². The molecule has 1 heterocycles. The van der Waals surface area contributed by atoms with E-state index in [0.29, 0.717) is 12.2 Å². The van der Waals surface area contributed by atoms with Crippen molar-refractivity contribution in [2.45, 2.75) is 38.8 Å². The van der Waals surface area contributed by atoms with Gasteiger partial charge >= 0.3 is 0 Å². The molecule has 0 bridgehead atoms. The van der Waals surface area contributed by atoms with Crippen molar-refractivity contribution < 1.29 is 9.53 Å². The number of nitrogens with one attached hydrogen (secondary N) is 1. The average molecular weight is 338 g/mol. The molecule has 1 aliphatic rings. The van der Waals surface area contributed by atoms with Gasteiger partial charge in [0.15, 0.2) is 0 Å². The molecule has 0 spiro atoms. The van der Waals surface area contributed by atoms with Gasteiger partial charge < -0.3 is 15.0 Å². The normalized spacial score (nSPS) is 19.3. The lowest BCUT2D eigenvalue weighted by Gasteiger charge is -2.45. The Kier molecular flexibility index (Phi) is 4.98. The number of ether oxygens (including phenoxy) is 1. The van der Waals surface area contributed by atoms with Crippen molar-refractivity contribution in [3.05, 3.63) is 59.7 Å². The summed E-state index contributed by atoms with van der Waals surface area (Å²) in [6, 6.07) is 15.6. The van der Waals surface area contributed by atoms with Gasteiger partial charge in [-0.25, -0.2) is 0 Å². The number of nitrogens with zero attached hydrogens (tertiary/aromatic N) is 1. The summed E-state index contributed by atoms with van der Waals surface area (Å²) in [6.45, 7) is 4.89. The number of fused-ring (bicyclic) bond motifs is 1. The Morgan fingerprint density at radius 1 is 1.08 bits per heavy atom. The van der Waals surface area contributed by atoms with Crippen LogP contribution in [0.25, 0.3) is 0 Å². The zero-order chi connectivity index (χ0) is 17.9. The molecule has 0 aromatic heterocycles. The predicted molar refractivity (Wildman–Crippen MR) is 101 cm³/mol. The molecule has 1 aliphatic heterocycles. The lowest BCUT2D eigenvalue weighted by Crippen LogP contribution is -2.53.